The Kier molecular flexibility index (Phi) is 6.50. The Balaban J connectivity index is 2.43. The Labute approximate surface area is 164 Å². The maximum atomic E-state index is 12.9. The van der Waals surface area contributed by atoms with Crippen molar-refractivity contribution >= 4 is 38.5 Å². The van der Waals surface area contributed by atoms with E-state index in [4.69, 9.17) is 10.5 Å². The minimum Gasteiger partial charge on any atom is -0.436 e. The predicted octanol–water partition coefficient (Wildman–Crippen LogP) is 2.22. The van der Waals surface area contributed by atoms with Crippen molar-refractivity contribution < 1.29 is 22.7 Å². The molecule has 0 unspecified atom stereocenters. The molecule has 0 saturated heterocycles. The standard InChI is InChI=1S/C19H25N3O5S/c1-12(2)11-16(27-19(20)24)18(23)21-28(25,26)17-10-6-7-13-14(17)8-5-9-15(13)22(3)4/h5-10,12,16H,11H2,1-4H3,(H2,20,24)(H,21,23)/t16-/m0/s1. The first kappa shape index (κ1) is 21.5. The number of carbonyl (C=O) groups is 2. The molecule has 0 heterocycles. The number of primary amides is 1. The molecule has 152 valence electrons. The second kappa shape index (κ2) is 8.47. The lowest BCUT2D eigenvalue weighted by molar-refractivity contribution is -0.128. The van der Waals surface area contributed by atoms with Crippen LogP contribution in [0.1, 0.15) is 20.3 Å². The van der Waals surface area contributed by atoms with Crippen molar-refractivity contribution in [1.29, 1.82) is 0 Å². The van der Waals surface area contributed by atoms with Crippen LogP contribution < -0.4 is 15.4 Å². The van der Waals surface area contributed by atoms with E-state index in [9.17, 15) is 18.0 Å². The van der Waals surface area contributed by atoms with Crippen molar-refractivity contribution in [3.63, 3.8) is 0 Å². The number of ether oxygens (including phenoxy) is 1. The molecule has 0 radical (unpaired) electrons. The van der Waals surface area contributed by atoms with Gasteiger partial charge >= 0.3 is 6.09 Å². The molecule has 0 aliphatic heterocycles. The second-order valence-corrected chi connectivity index (χ2v) is 8.70. The topological polar surface area (TPSA) is 119 Å². The summed E-state index contributed by atoms with van der Waals surface area (Å²) in [6.07, 6.45) is -2.29. The molecule has 2 aromatic rings. The summed E-state index contributed by atoms with van der Waals surface area (Å²) in [6, 6.07) is 10.1. The van der Waals surface area contributed by atoms with Crippen molar-refractivity contribution in [2.45, 2.75) is 31.3 Å². The molecular formula is C19H25N3O5S. The van der Waals surface area contributed by atoms with E-state index in [1.54, 1.807) is 18.2 Å². The molecule has 2 amide bonds. The first-order valence-corrected chi connectivity index (χ1v) is 10.2. The average Bonchev–Trinajstić information content (AvgIpc) is 2.58. The molecule has 0 fully saturated rings. The lowest BCUT2D eigenvalue weighted by Gasteiger charge is -2.19. The third kappa shape index (κ3) is 4.92. The van der Waals surface area contributed by atoms with Gasteiger partial charge in [-0.2, -0.15) is 0 Å². The van der Waals surface area contributed by atoms with Gasteiger partial charge < -0.3 is 15.4 Å². The van der Waals surface area contributed by atoms with Gasteiger partial charge in [-0.1, -0.05) is 38.1 Å². The smallest absolute Gasteiger partial charge is 0.405 e. The quantitative estimate of drug-likeness (QED) is 0.726. The number of benzene rings is 2. The molecule has 0 aromatic heterocycles. The van der Waals surface area contributed by atoms with Gasteiger partial charge in [0.2, 0.25) is 0 Å². The molecule has 9 heteroatoms. The first-order chi connectivity index (χ1) is 13.0. The highest BCUT2D eigenvalue weighted by molar-refractivity contribution is 7.90. The number of anilines is 1. The number of nitrogens with zero attached hydrogens (tertiary/aromatic N) is 1. The molecule has 2 aromatic carbocycles. The largest absolute Gasteiger partial charge is 0.436 e. The molecule has 28 heavy (non-hydrogen) atoms. The summed E-state index contributed by atoms with van der Waals surface area (Å²) in [5.41, 5.74) is 5.85. The van der Waals surface area contributed by atoms with Gasteiger partial charge in [0.15, 0.2) is 6.10 Å². The van der Waals surface area contributed by atoms with Crippen molar-refractivity contribution in [2.24, 2.45) is 11.7 Å². The molecule has 0 saturated carbocycles. The minimum absolute atomic E-state index is 0.0157. The minimum atomic E-state index is -4.20. The van der Waals surface area contributed by atoms with Gasteiger partial charge in [0.25, 0.3) is 15.9 Å². The summed E-state index contributed by atoms with van der Waals surface area (Å²) in [6.45, 7) is 3.62. The lowest BCUT2D eigenvalue weighted by Crippen LogP contribution is -2.42. The molecule has 0 bridgehead atoms. The SMILES string of the molecule is CC(C)C[C@H](OC(N)=O)C(=O)NS(=O)(=O)c1cccc2c(N(C)C)cccc12. The van der Waals surface area contributed by atoms with Crippen LogP contribution in [-0.4, -0.2) is 40.6 Å². The second-order valence-electron chi connectivity index (χ2n) is 7.05. The Morgan fingerprint density at radius 1 is 1.11 bits per heavy atom. The summed E-state index contributed by atoms with van der Waals surface area (Å²) < 4.78 is 32.6. The van der Waals surface area contributed by atoms with Crippen LogP contribution in [0.15, 0.2) is 41.3 Å². The fourth-order valence-corrected chi connectivity index (χ4v) is 4.15. The van der Waals surface area contributed by atoms with Crippen molar-refractivity contribution in [2.75, 3.05) is 19.0 Å². The van der Waals surface area contributed by atoms with Crippen molar-refractivity contribution in [1.82, 2.24) is 4.72 Å². The van der Waals surface area contributed by atoms with Crippen LogP contribution >= 0.6 is 0 Å². The van der Waals surface area contributed by atoms with Crippen LogP contribution in [-0.2, 0) is 19.6 Å². The van der Waals surface area contributed by atoms with E-state index in [0.29, 0.717) is 5.39 Å². The predicted molar refractivity (Wildman–Crippen MR) is 108 cm³/mol. The van der Waals surface area contributed by atoms with E-state index >= 15 is 0 Å². The number of hydrogen-bond donors (Lipinski definition) is 2. The highest BCUT2D eigenvalue weighted by Gasteiger charge is 2.29. The van der Waals surface area contributed by atoms with Crippen LogP contribution in [0, 0.1) is 5.92 Å². The average molecular weight is 407 g/mol. The van der Waals surface area contributed by atoms with Gasteiger partial charge in [0, 0.05) is 30.6 Å². The number of fused-ring (bicyclic) bond motifs is 1. The molecule has 3 N–H and O–H groups in total. The fraction of sp³-hybridized carbons (Fsp3) is 0.368. The van der Waals surface area contributed by atoms with Gasteiger partial charge in [0.1, 0.15) is 0 Å². The normalized spacial score (nSPS) is 12.6. The highest BCUT2D eigenvalue weighted by Crippen LogP contribution is 2.30. The Morgan fingerprint density at radius 2 is 1.71 bits per heavy atom. The van der Waals surface area contributed by atoms with E-state index in [-0.39, 0.29) is 17.2 Å². The summed E-state index contributed by atoms with van der Waals surface area (Å²) >= 11 is 0. The van der Waals surface area contributed by atoms with E-state index in [1.807, 2.05) is 49.7 Å². The van der Waals surface area contributed by atoms with Crippen LogP contribution in [0.5, 0.6) is 0 Å². The zero-order chi connectivity index (χ0) is 21.1. The van der Waals surface area contributed by atoms with Gasteiger partial charge in [-0.3, -0.25) is 4.79 Å². The highest BCUT2D eigenvalue weighted by atomic mass is 32.2. The number of amides is 2. The third-order valence-electron chi connectivity index (χ3n) is 4.10. The van der Waals surface area contributed by atoms with Gasteiger partial charge in [-0.15, -0.1) is 0 Å². The van der Waals surface area contributed by atoms with Crippen LogP contribution in [0.2, 0.25) is 0 Å². The van der Waals surface area contributed by atoms with Gasteiger partial charge in [-0.05, 0) is 24.5 Å². The van der Waals surface area contributed by atoms with Crippen LogP contribution in [0.3, 0.4) is 0 Å². The monoisotopic (exact) mass is 407 g/mol. The molecule has 8 nitrogen and oxygen atoms in total. The number of hydrogen-bond acceptors (Lipinski definition) is 6. The Morgan fingerprint density at radius 3 is 2.29 bits per heavy atom. The zero-order valence-electron chi connectivity index (χ0n) is 16.3. The summed E-state index contributed by atoms with van der Waals surface area (Å²) in [4.78, 5) is 25.4. The number of rotatable bonds is 7. The summed E-state index contributed by atoms with van der Waals surface area (Å²) in [7, 11) is -0.482. The number of carbonyl (C=O) groups excluding carboxylic acids is 2. The number of nitrogens with one attached hydrogen (secondary N) is 1. The Hall–Kier alpha value is -2.81. The molecule has 0 spiro atoms. The summed E-state index contributed by atoms with van der Waals surface area (Å²) in [5, 5.41) is 1.21. The lowest BCUT2D eigenvalue weighted by atomic mass is 10.1. The van der Waals surface area contributed by atoms with Gasteiger partial charge in [-0.25, -0.2) is 17.9 Å². The molecule has 0 aliphatic rings. The number of sulfonamides is 1. The number of nitrogens with two attached hydrogens (primary N) is 1. The molecule has 1 atom stereocenters. The third-order valence-corrected chi connectivity index (χ3v) is 5.51. The maximum Gasteiger partial charge on any atom is 0.405 e. The Bertz CT molecular complexity index is 986. The van der Waals surface area contributed by atoms with Crippen LogP contribution in [0.4, 0.5) is 10.5 Å². The van der Waals surface area contributed by atoms with Crippen LogP contribution in [0.25, 0.3) is 10.8 Å². The molecule has 2 rings (SSSR count). The van der Waals surface area contributed by atoms with E-state index in [2.05, 4.69) is 0 Å². The molecule has 0 aliphatic carbocycles. The summed E-state index contributed by atoms with van der Waals surface area (Å²) in [5.74, 6) is -0.953. The van der Waals surface area contributed by atoms with E-state index in [0.717, 1.165) is 11.1 Å². The van der Waals surface area contributed by atoms with E-state index < -0.39 is 28.1 Å². The zero-order valence-corrected chi connectivity index (χ0v) is 17.1. The maximum absolute atomic E-state index is 12.9. The van der Waals surface area contributed by atoms with Gasteiger partial charge in [0.05, 0.1) is 4.90 Å². The van der Waals surface area contributed by atoms with Crippen molar-refractivity contribution in [3.05, 3.63) is 36.4 Å². The van der Waals surface area contributed by atoms with E-state index in [1.165, 1.54) is 6.07 Å². The molecular weight excluding hydrogens is 382 g/mol. The fourth-order valence-electron chi connectivity index (χ4n) is 2.92. The first-order valence-electron chi connectivity index (χ1n) is 8.74. The van der Waals surface area contributed by atoms with Crippen molar-refractivity contribution in [3.8, 4) is 0 Å².